The number of non-ortho nitro benzene ring substituents is 1. The van der Waals surface area contributed by atoms with E-state index < -0.39 is 44.3 Å². The zero-order valence-electron chi connectivity index (χ0n) is 21.2. The van der Waals surface area contributed by atoms with E-state index in [1.54, 1.807) is 25.7 Å². The SMILES string of the molecule is CC(C)(C)OC(=O)N1CCC(C(CNS(=O)(=O)c2ccc([N+](=O)[O-])cc2)c2ccc(C(F)(F)F)cc2)CC1. The zero-order chi connectivity index (χ0) is 28.3. The third-order valence-corrected chi connectivity index (χ3v) is 7.72. The van der Waals surface area contributed by atoms with Crippen LogP contribution in [0.15, 0.2) is 53.4 Å². The summed E-state index contributed by atoms with van der Waals surface area (Å²) in [6, 6.07) is 9.00. The topological polar surface area (TPSA) is 119 Å². The first-order chi connectivity index (χ1) is 17.6. The van der Waals surface area contributed by atoms with Crippen molar-refractivity contribution < 1.29 is 36.0 Å². The Hall–Kier alpha value is -3.19. The number of nitrogens with zero attached hydrogens (tertiary/aromatic N) is 2. The van der Waals surface area contributed by atoms with Gasteiger partial charge in [-0.2, -0.15) is 13.2 Å². The number of halogens is 3. The molecule has 1 unspecified atom stereocenters. The van der Waals surface area contributed by atoms with Crippen molar-refractivity contribution in [3.8, 4) is 0 Å². The Morgan fingerprint density at radius 3 is 2.11 bits per heavy atom. The average Bonchev–Trinajstić information content (AvgIpc) is 2.83. The molecule has 1 N–H and O–H groups in total. The van der Waals surface area contributed by atoms with E-state index in [1.165, 1.54) is 12.1 Å². The molecule has 0 saturated carbocycles. The van der Waals surface area contributed by atoms with Crippen molar-refractivity contribution in [1.82, 2.24) is 9.62 Å². The van der Waals surface area contributed by atoms with E-state index in [0.29, 0.717) is 31.5 Å². The van der Waals surface area contributed by atoms with Crippen LogP contribution in [0.3, 0.4) is 0 Å². The fraction of sp³-hybridized carbons (Fsp3) is 0.480. The van der Waals surface area contributed by atoms with Crippen molar-refractivity contribution >= 4 is 21.8 Å². The largest absolute Gasteiger partial charge is 0.444 e. The predicted octanol–water partition coefficient (Wildman–Crippen LogP) is 5.32. The first kappa shape index (κ1) is 29.4. The number of rotatable bonds is 7. The van der Waals surface area contributed by atoms with Gasteiger partial charge in [0.2, 0.25) is 10.0 Å². The number of hydrogen-bond donors (Lipinski definition) is 1. The van der Waals surface area contributed by atoms with Crippen LogP contribution in [-0.4, -0.2) is 49.6 Å². The number of sulfonamides is 1. The quantitative estimate of drug-likeness (QED) is 0.364. The van der Waals surface area contributed by atoms with E-state index in [0.717, 1.165) is 36.4 Å². The highest BCUT2D eigenvalue weighted by Crippen LogP contribution is 2.35. The minimum Gasteiger partial charge on any atom is -0.444 e. The highest BCUT2D eigenvalue weighted by molar-refractivity contribution is 7.89. The lowest BCUT2D eigenvalue weighted by atomic mass is 9.80. The number of alkyl halides is 3. The van der Waals surface area contributed by atoms with E-state index in [2.05, 4.69) is 4.72 Å². The fourth-order valence-electron chi connectivity index (χ4n) is 4.32. The van der Waals surface area contributed by atoms with Gasteiger partial charge in [-0.15, -0.1) is 0 Å². The third kappa shape index (κ3) is 7.67. The number of nitro benzene ring substituents is 1. The molecule has 13 heteroatoms. The molecule has 2 aromatic carbocycles. The van der Waals surface area contributed by atoms with Gasteiger partial charge in [-0.05, 0) is 69.4 Å². The number of nitro groups is 1. The molecule has 1 atom stereocenters. The van der Waals surface area contributed by atoms with Gasteiger partial charge in [-0.25, -0.2) is 17.9 Å². The van der Waals surface area contributed by atoms with E-state index in [9.17, 15) is 36.5 Å². The predicted molar refractivity (Wildman–Crippen MR) is 133 cm³/mol. The van der Waals surface area contributed by atoms with Crippen molar-refractivity contribution in [1.29, 1.82) is 0 Å². The maximum atomic E-state index is 13.1. The van der Waals surface area contributed by atoms with Gasteiger partial charge in [0.25, 0.3) is 5.69 Å². The Morgan fingerprint density at radius 2 is 1.63 bits per heavy atom. The van der Waals surface area contributed by atoms with Gasteiger partial charge < -0.3 is 9.64 Å². The molecule has 0 aliphatic carbocycles. The molecule has 3 rings (SSSR count). The lowest BCUT2D eigenvalue weighted by Gasteiger charge is -2.37. The van der Waals surface area contributed by atoms with Crippen molar-refractivity contribution in [3.63, 3.8) is 0 Å². The summed E-state index contributed by atoms with van der Waals surface area (Å²) in [5, 5.41) is 10.9. The van der Waals surface area contributed by atoms with Gasteiger partial charge in [0.05, 0.1) is 15.4 Å². The molecular weight excluding hydrogens is 527 g/mol. The lowest BCUT2D eigenvalue weighted by molar-refractivity contribution is -0.384. The summed E-state index contributed by atoms with van der Waals surface area (Å²) in [7, 11) is -4.06. The number of amides is 1. The summed E-state index contributed by atoms with van der Waals surface area (Å²) in [5.74, 6) is -0.615. The van der Waals surface area contributed by atoms with E-state index >= 15 is 0 Å². The molecule has 0 spiro atoms. The molecule has 0 radical (unpaired) electrons. The highest BCUT2D eigenvalue weighted by atomic mass is 32.2. The number of likely N-dealkylation sites (tertiary alicyclic amines) is 1. The van der Waals surface area contributed by atoms with Gasteiger partial charge in [0.1, 0.15) is 5.60 Å². The molecular formula is C25H30F3N3O6S. The molecule has 9 nitrogen and oxygen atoms in total. The summed E-state index contributed by atoms with van der Waals surface area (Å²) in [5.41, 5.74) is -1.21. The first-order valence-electron chi connectivity index (χ1n) is 12.0. The van der Waals surface area contributed by atoms with Crippen molar-refractivity contribution in [2.45, 2.75) is 56.2 Å². The summed E-state index contributed by atoms with van der Waals surface area (Å²) >= 11 is 0. The third-order valence-electron chi connectivity index (χ3n) is 6.28. The van der Waals surface area contributed by atoms with E-state index in [4.69, 9.17) is 4.74 Å². The van der Waals surface area contributed by atoms with Gasteiger partial charge in [-0.3, -0.25) is 10.1 Å². The number of ether oxygens (including phenoxy) is 1. The van der Waals surface area contributed by atoms with E-state index in [1.807, 2.05) is 0 Å². The maximum absolute atomic E-state index is 13.1. The molecule has 1 aliphatic heterocycles. The van der Waals surface area contributed by atoms with Crippen molar-refractivity contribution in [2.24, 2.45) is 5.92 Å². The Bertz CT molecular complexity index is 1240. The monoisotopic (exact) mass is 557 g/mol. The second kappa shape index (κ2) is 11.3. The Balaban J connectivity index is 1.79. The zero-order valence-corrected chi connectivity index (χ0v) is 22.0. The summed E-state index contributed by atoms with van der Waals surface area (Å²) < 4.78 is 73.0. The Labute approximate surface area is 219 Å². The van der Waals surface area contributed by atoms with Gasteiger partial charge >= 0.3 is 12.3 Å². The second-order valence-corrected chi connectivity index (χ2v) is 11.9. The molecule has 1 amide bonds. The molecule has 1 heterocycles. The highest BCUT2D eigenvalue weighted by Gasteiger charge is 2.34. The van der Waals surface area contributed by atoms with Crippen LogP contribution in [0.2, 0.25) is 0 Å². The minimum atomic E-state index is -4.51. The summed E-state index contributed by atoms with van der Waals surface area (Å²) in [4.78, 5) is 24.0. The van der Waals surface area contributed by atoms with Crippen LogP contribution in [0.1, 0.15) is 50.7 Å². The van der Waals surface area contributed by atoms with Gasteiger partial charge in [-0.1, -0.05) is 12.1 Å². The summed E-state index contributed by atoms with van der Waals surface area (Å²) in [6.45, 7) is 5.87. The number of nitrogens with one attached hydrogen (secondary N) is 1. The van der Waals surface area contributed by atoms with Gasteiger partial charge in [0.15, 0.2) is 0 Å². The molecule has 1 aliphatic rings. The molecule has 1 fully saturated rings. The number of carbonyl (C=O) groups excluding carboxylic acids is 1. The Morgan fingerprint density at radius 1 is 1.08 bits per heavy atom. The fourth-order valence-corrected chi connectivity index (χ4v) is 5.38. The van der Waals surface area contributed by atoms with Crippen LogP contribution in [0.4, 0.5) is 23.7 Å². The lowest BCUT2D eigenvalue weighted by Crippen LogP contribution is -2.43. The number of hydrogen-bond acceptors (Lipinski definition) is 6. The van der Waals surface area contributed by atoms with Crippen LogP contribution in [0, 0.1) is 16.0 Å². The molecule has 0 bridgehead atoms. The number of benzene rings is 2. The van der Waals surface area contributed by atoms with Crippen LogP contribution >= 0.6 is 0 Å². The Kier molecular flexibility index (Phi) is 8.72. The van der Waals surface area contributed by atoms with Crippen molar-refractivity contribution in [3.05, 3.63) is 69.8 Å². The van der Waals surface area contributed by atoms with Crippen LogP contribution in [0.25, 0.3) is 0 Å². The molecule has 2 aromatic rings. The normalized spacial score (nSPS) is 16.2. The number of piperidine rings is 1. The smallest absolute Gasteiger partial charge is 0.416 e. The molecule has 1 saturated heterocycles. The molecule has 208 valence electrons. The minimum absolute atomic E-state index is 0.109. The summed E-state index contributed by atoms with van der Waals surface area (Å²) in [6.07, 6.45) is -3.99. The number of carbonyl (C=O) groups is 1. The van der Waals surface area contributed by atoms with Crippen LogP contribution in [-0.2, 0) is 20.9 Å². The molecule has 38 heavy (non-hydrogen) atoms. The second-order valence-electron chi connectivity index (χ2n) is 10.1. The standard InChI is InChI=1S/C25H30F3N3O6S/c1-24(2,3)37-23(32)30-14-12-18(13-15-30)22(17-4-6-19(7-5-17)25(26,27)28)16-29-38(35,36)21-10-8-20(9-11-21)31(33)34/h4-11,18,22,29H,12-16H2,1-3H3. The first-order valence-corrected chi connectivity index (χ1v) is 13.4. The maximum Gasteiger partial charge on any atom is 0.416 e. The molecule has 0 aromatic heterocycles. The van der Waals surface area contributed by atoms with Gasteiger partial charge in [0, 0.05) is 37.7 Å². The average molecular weight is 558 g/mol. The van der Waals surface area contributed by atoms with Crippen LogP contribution in [0.5, 0.6) is 0 Å². The van der Waals surface area contributed by atoms with Crippen LogP contribution < -0.4 is 4.72 Å². The van der Waals surface area contributed by atoms with E-state index in [-0.39, 0.29) is 23.0 Å². The van der Waals surface area contributed by atoms with Crippen molar-refractivity contribution in [2.75, 3.05) is 19.6 Å².